The predicted molar refractivity (Wildman–Crippen MR) is 55.7 cm³/mol. The Labute approximate surface area is 87.1 Å². The minimum atomic E-state index is -0.927. The molecular formula is C9H13N3O3. The van der Waals surface area contributed by atoms with Gasteiger partial charge < -0.3 is 20.5 Å². The highest BCUT2D eigenvalue weighted by molar-refractivity contribution is 5.56. The Balaban J connectivity index is 2.81. The van der Waals surface area contributed by atoms with E-state index in [9.17, 15) is 15.2 Å². The fourth-order valence-corrected chi connectivity index (χ4v) is 0.992. The van der Waals surface area contributed by atoms with Crippen molar-refractivity contribution in [2.24, 2.45) is 0 Å². The third-order valence-electron chi connectivity index (χ3n) is 1.67. The highest BCUT2D eigenvalue weighted by Crippen LogP contribution is 2.20. The molecule has 0 saturated heterocycles. The predicted octanol–water partition coefficient (Wildman–Crippen LogP) is 1.17. The molecule has 0 aromatic carbocycles. The third kappa shape index (κ3) is 3.51. The van der Waals surface area contributed by atoms with Gasteiger partial charge in [0.05, 0.1) is 5.60 Å². The lowest BCUT2D eigenvalue weighted by atomic mass is 10.1. The van der Waals surface area contributed by atoms with Gasteiger partial charge in [0.1, 0.15) is 11.9 Å². The third-order valence-corrected chi connectivity index (χ3v) is 1.67. The molecule has 1 aromatic rings. The molecule has 0 spiro atoms. The van der Waals surface area contributed by atoms with Crippen LogP contribution in [-0.4, -0.2) is 27.2 Å². The molecule has 0 bridgehead atoms. The van der Waals surface area contributed by atoms with Gasteiger partial charge in [-0.25, -0.2) is 0 Å². The molecule has 1 heterocycles. The fourth-order valence-electron chi connectivity index (χ4n) is 0.992. The van der Waals surface area contributed by atoms with Crippen LogP contribution in [0.5, 0.6) is 0 Å². The summed E-state index contributed by atoms with van der Waals surface area (Å²) in [6.45, 7) is 3.45. The number of hydrogen-bond acceptors (Lipinski definition) is 5. The Morgan fingerprint density at radius 1 is 1.67 bits per heavy atom. The molecule has 6 heteroatoms. The lowest BCUT2D eigenvalue weighted by molar-refractivity contribution is -0.388. The van der Waals surface area contributed by atoms with Crippen molar-refractivity contribution in [2.75, 3.05) is 11.9 Å². The van der Waals surface area contributed by atoms with E-state index in [0.29, 0.717) is 5.69 Å². The molecule has 0 aliphatic rings. The maximum absolute atomic E-state index is 10.6. The average molecular weight is 211 g/mol. The summed E-state index contributed by atoms with van der Waals surface area (Å²) in [5, 5.41) is 22.8. The molecule has 1 rings (SSSR count). The van der Waals surface area contributed by atoms with Crippen LogP contribution >= 0.6 is 0 Å². The van der Waals surface area contributed by atoms with Crippen molar-refractivity contribution in [1.82, 2.24) is 4.98 Å². The van der Waals surface area contributed by atoms with Crippen LogP contribution in [0.2, 0.25) is 0 Å². The molecule has 0 radical (unpaired) electrons. The highest BCUT2D eigenvalue weighted by atomic mass is 16.6. The topological polar surface area (TPSA) is 88.3 Å². The molecular weight excluding hydrogens is 198 g/mol. The first-order chi connectivity index (χ1) is 6.90. The summed E-state index contributed by atoms with van der Waals surface area (Å²) in [6.07, 6.45) is 1.35. The second-order valence-electron chi connectivity index (χ2n) is 3.80. The number of aromatic nitrogens is 1. The van der Waals surface area contributed by atoms with Crippen LogP contribution in [0.25, 0.3) is 0 Å². The normalized spacial score (nSPS) is 11.1. The maximum atomic E-state index is 10.6. The summed E-state index contributed by atoms with van der Waals surface area (Å²) >= 11 is 0. The number of aliphatic hydroxyl groups is 1. The Kier molecular flexibility index (Phi) is 3.21. The zero-order valence-electron chi connectivity index (χ0n) is 8.60. The van der Waals surface area contributed by atoms with Crippen molar-refractivity contribution < 1.29 is 10.0 Å². The van der Waals surface area contributed by atoms with Crippen LogP contribution in [0.3, 0.4) is 0 Å². The Morgan fingerprint density at radius 2 is 2.33 bits per heavy atom. The number of nitro groups is 1. The van der Waals surface area contributed by atoms with Crippen molar-refractivity contribution in [3.8, 4) is 0 Å². The van der Waals surface area contributed by atoms with E-state index in [0.717, 1.165) is 0 Å². The first-order valence-electron chi connectivity index (χ1n) is 4.46. The minimum Gasteiger partial charge on any atom is -0.389 e. The number of nitrogens with zero attached hydrogens (tertiary/aromatic N) is 2. The van der Waals surface area contributed by atoms with Gasteiger partial charge in [-0.15, -0.1) is 0 Å². The molecule has 0 fully saturated rings. The number of hydrogen-bond donors (Lipinski definition) is 2. The molecule has 1 aromatic heterocycles. The van der Waals surface area contributed by atoms with Crippen molar-refractivity contribution in [2.45, 2.75) is 19.4 Å². The minimum absolute atomic E-state index is 0.222. The Morgan fingerprint density at radius 3 is 2.87 bits per heavy atom. The van der Waals surface area contributed by atoms with E-state index in [1.165, 1.54) is 6.20 Å². The first-order valence-corrected chi connectivity index (χ1v) is 4.46. The molecule has 15 heavy (non-hydrogen) atoms. The fraction of sp³-hybridized carbons (Fsp3) is 0.444. The zero-order chi connectivity index (χ0) is 11.5. The van der Waals surface area contributed by atoms with Gasteiger partial charge in [-0.3, -0.25) is 0 Å². The number of rotatable bonds is 4. The Hall–Kier alpha value is -1.69. The van der Waals surface area contributed by atoms with Crippen LogP contribution in [0.15, 0.2) is 18.3 Å². The molecule has 6 nitrogen and oxygen atoms in total. The van der Waals surface area contributed by atoms with Gasteiger partial charge in [-0.1, -0.05) is 0 Å². The number of anilines is 1. The standard InChI is InChI=1S/C9H13N3O3/c1-9(2,13)6-11-7-4-3-5-10-8(7)12(14)15/h3-5,11,13H,6H2,1-2H3. The summed E-state index contributed by atoms with van der Waals surface area (Å²) < 4.78 is 0. The van der Waals surface area contributed by atoms with Crippen LogP contribution < -0.4 is 5.32 Å². The quantitative estimate of drug-likeness (QED) is 0.576. The summed E-state index contributed by atoms with van der Waals surface area (Å²) in [4.78, 5) is 13.7. The van der Waals surface area contributed by atoms with Crippen LogP contribution in [0.1, 0.15) is 13.8 Å². The second kappa shape index (κ2) is 4.22. The van der Waals surface area contributed by atoms with E-state index in [2.05, 4.69) is 10.3 Å². The van der Waals surface area contributed by atoms with E-state index in [-0.39, 0.29) is 12.4 Å². The molecule has 0 atom stereocenters. The van der Waals surface area contributed by atoms with E-state index in [4.69, 9.17) is 0 Å². The molecule has 0 aliphatic heterocycles. The van der Waals surface area contributed by atoms with Crippen molar-refractivity contribution in [1.29, 1.82) is 0 Å². The van der Waals surface area contributed by atoms with Crippen molar-refractivity contribution >= 4 is 11.5 Å². The molecule has 0 aliphatic carbocycles. The van der Waals surface area contributed by atoms with Gasteiger partial charge in [0.2, 0.25) is 0 Å². The largest absolute Gasteiger partial charge is 0.389 e. The monoisotopic (exact) mass is 211 g/mol. The Bertz CT molecular complexity index is 360. The highest BCUT2D eigenvalue weighted by Gasteiger charge is 2.17. The van der Waals surface area contributed by atoms with E-state index in [1.807, 2.05) is 0 Å². The second-order valence-corrected chi connectivity index (χ2v) is 3.80. The van der Waals surface area contributed by atoms with E-state index in [1.54, 1.807) is 26.0 Å². The first kappa shape index (κ1) is 11.4. The summed E-state index contributed by atoms with van der Waals surface area (Å²) in [6, 6.07) is 3.15. The van der Waals surface area contributed by atoms with Crippen molar-refractivity contribution in [3.63, 3.8) is 0 Å². The lowest BCUT2D eigenvalue weighted by Crippen LogP contribution is -2.29. The van der Waals surface area contributed by atoms with Gasteiger partial charge in [-0.2, -0.15) is 0 Å². The van der Waals surface area contributed by atoms with Crippen LogP contribution in [0, 0.1) is 10.1 Å². The van der Waals surface area contributed by atoms with Gasteiger partial charge in [0, 0.05) is 6.54 Å². The van der Waals surface area contributed by atoms with E-state index >= 15 is 0 Å². The van der Waals surface area contributed by atoms with Crippen LogP contribution in [0.4, 0.5) is 11.5 Å². The van der Waals surface area contributed by atoms with Crippen LogP contribution in [-0.2, 0) is 0 Å². The zero-order valence-corrected chi connectivity index (χ0v) is 8.60. The van der Waals surface area contributed by atoms with Gasteiger partial charge in [0.15, 0.2) is 0 Å². The summed E-state index contributed by atoms with van der Waals surface area (Å²) in [5.74, 6) is -0.234. The molecule has 0 amide bonds. The molecule has 0 unspecified atom stereocenters. The van der Waals surface area contributed by atoms with Gasteiger partial charge in [0.25, 0.3) is 0 Å². The van der Waals surface area contributed by atoms with E-state index < -0.39 is 10.5 Å². The summed E-state index contributed by atoms with van der Waals surface area (Å²) in [7, 11) is 0. The molecule has 82 valence electrons. The SMILES string of the molecule is CC(C)(O)CNc1cccnc1[N+](=O)[O-]. The van der Waals surface area contributed by atoms with Crippen molar-refractivity contribution in [3.05, 3.63) is 28.4 Å². The summed E-state index contributed by atoms with van der Waals surface area (Å²) in [5.41, 5.74) is -0.617. The molecule has 2 N–H and O–H groups in total. The van der Waals surface area contributed by atoms with Gasteiger partial charge in [-0.05, 0) is 35.9 Å². The maximum Gasteiger partial charge on any atom is 0.386 e. The lowest BCUT2D eigenvalue weighted by Gasteiger charge is -2.17. The smallest absolute Gasteiger partial charge is 0.386 e. The molecule has 0 saturated carbocycles. The van der Waals surface area contributed by atoms with Gasteiger partial charge >= 0.3 is 5.82 Å². The number of pyridine rings is 1. The average Bonchev–Trinajstić information content (AvgIpc) is 2.14. The number of nitrogens with one attached hydrogen (secondary N) is 1.